The summed E-state index contributed by atoms with van der Waals surface area (Å²) in [6.07, 6.45) is 0.490. The van der Waals surface area contributed by atoms with Gasteiger partial charge in [0.25, 0.3) is 5.91 Å². The first kappa shape index (κ1) is 15.3. The van der Waals surface area contributed by atoms with Crippen LogP contribution in [0, 0.1) is 6.92 Å². The Morgan fingerprint density at radius 2 is 2.10 bits per heavy atom. The molecule has 1 N–H and O–H groups in total. The molecule has 2 rings (SSSR count). The molecule has 1 aromatic carbocycles. The lowest BCUT2D eigenvalue weighted by Gasteiger charge is -2.13. The average molecular weight is 352 g/mol. The molecule has 0 aliphatic heterocycles. The van der Waals surface area contributed by atoms with Crippen molar-refractivity contribution in [3.8, 4) is 0 Å². The van der Waals surface area contributed by atoms with Crippen molar-refractivity contribution in [3.63, 3.8) is 0 Å². The summed E-state index contributed by atoms with van der Waals surface area (Å²) < 4.78 is 11.0. The second-order valence-electron chi connectivity index (χ2n) is 4.44. The minimum Gasteiger partial charge on any atom is -0.469 e. The number of hydrogen-bond acceptors (Lipinski definition) is 4. The second-order valence-corrected chi connectivity index (χ2v) is 5.35. The van der Waals surface area contributed by atoms with Gasteiger partial charge in [0.15, 0.2) is 6.10 Å². The third-order valence-corrected chi connectivity index (χ3v) is 3.32. The molecule has 2 aromatic rings. The number of anilines is 1. The van der Waals surface area contributed by atoms with E-state index in [-0.39, 0.29) is 0 Å². The maximum Gasteiger partial charge on any atom is 0.342 e. The van der Waals surface area contributed by atoms with Crippen LogP contribution in [0.5, 0.6) is 0 Å². The van der Waals surface area contributed by atoms with E-state index in [1.807, 2.05) is 6.07 Å². The first-order valence-electron chi connectivity index (χ1n) is 6.29. The van der Waals surface area contributed by atoms with E-state index in [1.165, 1.54) is 19.3 Å². The zero-order valence-corrected chi connectivity index (χ0v) is 13.1. The van der Waals surface area contributed by atoms with E-state index < -0.39 is 18.0 Å². The fourth-order valence-corrected chi connectivity index (χ4v) is 2.08. The highest BCUT2D eigenvalue weighted by Gasteiger charge is 2.21. The summed E-state index contributed by atoms with van der Waals surface area (Å²) in [5, 5.41) is 2.68. The van der Waals surface area contributed by atoms with Gasteiger partial charge < -0.3 is 14.5 Å². The van der Waals surface area contributed by atoms with Crippen molar-refractivity contribution < 1.29 is 18.7 Å². The van der Waals surface area contributed by atoms with E-state index in [2.05, 4.69) is 21.2 Å². The highest BCUT2D eigenvalue weighted by Crippen LogP contribution is 2.16. The SMILES string of the molecule is Cc1occc1C(=O)O[C@H](C)C(=O)Nc1cccc(Br)c1. The summed E-state index contributed by atoms with van der Waals surface area (Å²) >= 11 is 3.32. The van der Waals surface area contributed by atoms with Gasteiger partial charge >= 0.3 is 5.97 Å². The average Bonchev–Trinajstić information content (AvgIpc) is 2.85. The summed E-state index contributed by atoms with van der Waals surface area (Å²) in [6, 6.07) is 8.66. The highest BCUT2D eigenvalue weighted by molar-refractivity contribution is 9.10. The molecule has 0 saturated heterocycles. The van der Waals surface area contributed by atoms with Gasteiger partial charge in [0.05, 0.1) is 6.26 Å². The number of ether oxygens (including phenoxy) is 1. The quantitative estimate of drug-likeness (QED) is 0.855. The molecule has 1 aromatic heterocycles. The molecule has 0 fully saturated rings. The molecule has 1 amide bonds. The molecule has 21 heavy (non-hydrogen) atoms. The Labute approximate surface area is 130 Å². The van der Waals surface area contributed by atoms with Crippen molar-refractivity contribution in [2.24, 2.45) is 0 Å². The zero-order chi connectivity index (χ0) is 15.4. The monoisotopic (exact) mass is 351 g/mol. The minimum atomic E-state index is -0.911. The molecule has 0 aliphatic rings. The van der Waals surface area contributed by atoms with Crippen LogP contribution >= 0.6 is 15.9 Å². The minimum absolute atomic E-state index is 0.317. The standard InChI is InChI=1S/C15H14BrNO4/c1-9-13(6-7-20-9)15(19)21-10(2)14(18)17-12-5-3-4-11(16)8-12/h3-8,10H,1-2H3,(H,17,18)/t10-/m1/s1. The Bertz CT molecular complexity index is 665. The Morgan fingerprint density at radius 1 is 1.33 bits per heavy atom. The summed E-state index contributed by atoms with van der Waals surface area (Å²) in [4.78, 5) is 23.9. The van der Waals surface area contributed by atoms with Crippen molar-refractivity contribution in [1.29, 1.82) is 0 Å². The van der Waals surface area contributed by atoms with Crippen LogP contribution < -0.4 is 5.32 Å². The zero-order valence-electron chi connectivity index (χ0n) is 11.6. The number of nitrogens with one attached hydrogen (secondary N) is 1. The number of esters is 1. The molecule has 0 spiro atoms. The topological polar surface area (TPSA) is 68.5 Å². The Hall–Kier alpha value is -2.08. The third kappa shape index (κ3) is 3.95. The van der Waals surface area contributed by atoms with Crippen LogP contribution in [-0.2, 0) is 9.53 Å². The number of hydrogen-bond donors (Lipinski definition) is 1. The molecule has 0 unspecified atom stereocenters. The van der Waals surface area contributed by atoms with Gasteiger partial charge in [-0.05, 0) is 38.1 Å². The van der Waals surface area contributed by atoms with Gasteiger partial charge in [0.2, 0.25) is 0 Å². The Morgan fingerprint density at radius 3 is 2.71 bits per heavy atom. The van der Waals surface area contributed by atoms with Crippen LogP contribution in [0.2, 0.25) is 0 Å². The number of carbonyl (C=O) groups excluding carboxylic acids is 2. The van der Waals surface area contributed by atoms with E-state index in [0.29, 0.717) is 17.0 Å². The highest BCUT2D eigenvalue weighted by atomic mass is 79.9. The predicted octanol–water partition coefficient (Wildman–Crippen LogP) is 3.53. The largest absolute Gasteiger partial charge is 0.469 e. The molecule has 5 nitrogen and oxygen atoms in total. The number of halogens is 1. The second kappa shape index (κ2) is 6.58. The van der Waals surface area contributed by atoms with Crippen molar-refractivity contribution in [2.75, 3.05) is 5.32 Å². The third-order valence-electron chi connectivity index (χ3n) is 2.82. The molecule has 110 valence electrons. The molecule has 0 bridgehead atoms. The number of furan rings is 1. The summed E-state index contributed by atoms with van der Waals surface area (Å²) in [6.45, 7) is 3.17. The number of amides is 1. The van der Waals surface area contributed by atoms with Crippen molar-refractivity contribution >= 4 is 33.5 Å². The molecule has 0 aliphatic carbocycles. The van der Waals surface area contributed by atoms with Crippen LogP contribution in [-0.4, -0.2) is 18.0 Å². The van der Waals surface area contributed by atoms with Crippen LogP contribution in [0.4, 0.5) is 5.69 Å². The normalized spacial score (nSPS) is 11.8. The van der Waals surface area contributed by atoms with Gasteiger partial charge in [0.1, 0.15) is 11.3 Å². The van der Waals surface area contributed by atoms with Crippen LogP contribution in [0.25, 0.3) is 0 Å². The molecular formula is C15H14BrNO4. The predicted molar refractivity (Wildman–Crippen MR) is 81.1 cm³/mol. The van der Waals surface area contributed by atoms with Gasteiger partial charge in [-0.3, -0.25) is 4.79 Å². The van der Waals surface area contributed by atoms with E-state index in [4.69, 9.17) is 9.15 Å². The number of aryl methyl sites for hydroxylation is 1. The fourth-order valence-electron chi connectivity index (χ4n) is 1.68. The van der Waals surface area contributed by atoms with Gasteiger partial charge in [0, 0.05) is 10.2 Å². The van der Waals surface area contributed by atoms with Gasteiger partial charge in [-0.25, -0.2) is 4.79 Å². The molecular weight excluding hydrogens is 338 g/mol. The maximum absolute atomic E-state index is 12.0. The molecule has 6 heteroatoms. The van der Waals surface area contributed by atoms with Gasteiger partial charge in [-0.15, -0.1) is 0 Å². The van der Waals surface area contributed by atoms with Crippen LogP contribution in [0.15, 0.2) is 45.5 Å². The number of benzene rings is 1. The molecule has 1 heterocycles. The lowest BCUT2D eigenvalue weighted by Crippen LogP contribution is -2.30. The maximum atomic E-state index is 12.0. The van der Waals surface area contributed by atoms with Crippen LogP contribution in [0.1, 0.15) is 23.0 Å². The van der Waals surface area contributed by atoms with Gasteiger partial charge in [-0.2, -0.15) is 0 Å². The van der Waals surface area contributed by atoms with Crippen molar-refractivity contribution in [3.05, 3.63) is 52.4 Å². The molecule has 0 saturated carbocycles. The van der Waals surface area contributed by atoms with E-state index in [0.717, 1.165) is 4.47 Å². The van der Waals surface area contributed by atoms with E-state index in [9.17, 15) is 9.59 Å². The first-order valence-corrected chi connectivity index (χ1v) is 7.08. The Balaban J connectivity index is 1.97. The summed E-state index contributed by atoms with van der Waals surface area (Å²) in [5.41, 5.74) is 0.939. The van der Waals surface area contributed by atoms with E-state index >= 15 is 0 Å². The lowest BCUT2D eigenvalue weighted by molar-refractivity contribution is -0.123. The molecule has 0 radical (unpaired) electrons. The first-order chi connectivity index (χ1) is 9.97. The van der Waals surface area contributed by atoms with Crippen LogP contribution in [0.3, 0.4) is 0 Å². The fraction of sp³-hybridized carbons (Fsp3) is 0.200. The van der Waals surface area contributed by atoms with Gasteiger partial charge in [-0.1, -0.05) is 22.0 Å². The smallest absolute Gasteiger partial charge is 0.342 e. The van der Waals surface area contributed by atoms with Crippen molar-refractivity contribution in [2.45, 2.75) is 20.0 Å². The molecule has 1 atom stereocenters. The number of carbonyl (C=O) groups is 2. The number of rotatable bonds is 4. The summed E-state index contributed by atoms with van der Waals surface area (Å²) in [5.74, 6) is -0.527. The Kier molecular flexibility index (Phi) is 4.80. The van der Waals surface area contributed by atoms with Crippen molar-refractivity contribution in [1.82, 2.24) is 0 Å². The lowest BCUT2D eigenvalue weighted by atomic mass is 10.2. The summed E-state index contributed by atoms with van der Waals surface area (Å²) in [7, 11) is 0. The van der Waals surface area contributed by atoms with E-state index in [1.54, 1.807) is 25.1 Å².